The molecule has 1 amide bonds. The average Bonchev–Trinajstić information content (AvgIpc) is 3.81. The summed E-state index contributed by atoms with van der Waals surface area (Å²) < 4.78 is 8.92. The van der Waals surface area contributed by atoms with E-state index in [1.807, 2.05) is 0 Å². The van der Waals surface area contributed by atoms with Crippen LogP contribution in [0.4, 0.5) is 0 Å². The molecule has 4 fully saturated rings. The van der Waals surface area contributed by atoms with E-state index in [0.29, 0.717) is 35.2 Å². The highest BCUT2D eigenvalue weighted by Gasteiger charge is 2.37. The second kappa shape index (κ2) is 18.1. The molecule has 6 rings (SSSR count). The third-order valence-electron chi connectivity index (χ3n) is 13.1. The van der Waals surface area contributed by atoms with Crippen molar-refractivity contribution >= 4 is 29.1 Å². The summed E-state index contributed by atoms with van der Waals surface area (Å²) in [6.45, 7) is 11.0. The van der Waals surface area contributed by atoms with E-state index < -0.39 is 0 Å². The van der Waals surface area contributed by atoms with Crippen molar-refractivity contribution in [1.29, 1.82) is 0 Å². The first-order chi connectivity index (χ1) is 24.6. The van der Waals surface area contributed by atoms with Crippen LogP contribution in [0.5, 0.6) is 0 Å². The highest BCUT2D eigenvalue weighted by molar-refractivity contribution is 6.24. The van der Waals surface area contributed by atoms with Crippen molar-refractivity contribution in [3.05, 3.63) is 23.5 Å². The number of nitrogens with one attached hydrogen (secondary N) is 2. The van der Waals surface area contributed by atoms with Crippen LogP contribution in [0.15, 0.2) is 6.20 Å². The van der Waals surface area contributed by atoms with Crippen molar-refractivity contribution in [2.45, 2.75) is 185 Å². The van der Waals surface area contributed by atoms with Crippen LogP contribution >= 0.6 is 23.2 Å². The molecule has 0 aliphatic heterocycles. The Morgan fingerprint density at radius 2 is 1.71 bits per heavy atom. The van der Waals surface area contributed by atoms with E-state index in [-0.39, 0.29) is 34.5 Å². The lowest BCUT2D eigenvalue weighted by Gasteiger charge is -2.37. The topological polar surface area (TPSA) is 111 Å². The first kappa shape index (κ1) is 39.0. The van der Waals surface area contributed by atoms with Crippen molar-refractivity contribution in [1.82, 2.24) is 35.5 Å². The molecule has 4 atom stereocenters. The van der Waals surface area contributed by atoms with E-state index in [1.54, 1.807) is 0 Å². The first-order valence-electron chi connectivity index (χ1n) is 20.6. The number of H-pyrrole nitrogens is 1. The summed E-state index contributed by atoms with van der Waals surface area (Å²) in [7, 11) is 0. The maximum atomic E-state index is 14.1. The Morgan fingerprint density at radius 1 is 0.980 bits per heavy atom. The Balaban J connectivity index is 1.09. The number of hydrogen-bond acceptors (Lipinski definition) is 6. The van der Waals surface area contributed by atoms with Crippen LogP contribution in [-0.2, 0) is 16.1 Å². The number of tetrazole rings is 1. The monoisotopic (exact) mass is 745 g/mol. The molecule has 0 spiro atoms. The predicted octanol–water partition coefficient (Wildman–Crippen LogP) is 9.63. The van der Waals surface area contributed by atoms with Crippen molar-refractivity contribution < 1.29 is 9.53 Å². The second-order valence-corrected chi connectivity index (χ2v) is 19.0. The molecule has 4 saturated carbocycles. The third-order valence-corrected chi connectivity index (χ3v) is 14.0. The lowest BCUT2D eigenvalue weighted by Crippen LogP contribution is -2.39. The number of aryl methyl sites for hydroxylation is 1. The van der Waals surface area contributed by atoms with Gasteiger partial charge in [-0.05, 0) is 132 Å². The Hall–Kier alpha value is -1.71. The number of ether oxygens (including phenoxy) is 1. The molecular formula is C40H65Cl2N7O2. The first-order valence-corrected chi connectivity index (χ1v) is 21.4. The van der Waals surface area contributed by atoms with Crippen molar-refractivity contribution in [2.24, 2.45) is 29.1 Å². The lowest BCUT2D eigenvalue weighted by molar-refractivity contribution is -0.127. The van der Waals surface area contributed by atoms with Crippen molar-refractivity contribution in [3.63, 3.8) is 0 Å². The highest BCUT2D eigenvalue weighted by Crippen LogP contribution is 2.42. The van der Waals surface area contributed by atoms with Gasteiger partial charge in [-0.2, -0.15) is 5.21 Å². The maximum Gasteiger partial charge on any atom is 0.223 e. The molecule has 4 aliphatic rings. The second-order valence-electron chi connectivity index (χ2n) is 17.8. The van der Waals surface area contributed by atoms with Gasteiger partial charge in [0.2, 0.25) is 5.91 Å². The Labute approximate surface area is 316 Å². The van der Waals surface area contributed by atoms with Crippen molar-refractivity contribution in [3.8, 4) is 0 Å². The number of rotatable bonds is 13. The molecule has 0 aromatic carbocycles. The summed E-state index contributed by atoms with van der Waals surface area (Å²) in [6.07, 6.45) is 21.7. The van der Waals surface area contributed by atoms with Crippen molar-refractivity contribution in [2.75, 3.05) is 6.61 Å². The Kier molecular flexibility index (Phi) is 13.8. The van der Waals surface area contributed by atoms with Gasteiger partial charge in [0, 0.05) is 47.9 Å². The summed E-state index contributed by atoms with van der Waals surface area (Å²) in [5.41, 5.74) is 1.38. The predicted molar refractivity (Wildman–Crippen MR) is 204 cm³/mol. The van der Waals surface area contributed by atoms with Gasteiger partial charge in [-0.1, -0.05) is 39.3 Å². The molecule has 2 N–H and O–H groups in total. The summed E-state index contributed by atoms with van der Waals surface area (Å²) in [4.78, 5) is 19.4. The summed E-state index contributed by atoms with van der Waals surface area (Å²) in [6, 6.07) is -0.0987. The fourth-order valence-electron chi connectivity index (χ4n) is 9.63. The summed E-state index contributed by atoms with van der Waals surface area (Å²) >= 11 is 13.4. The van der Waals surface area contributed by atoms with Gasteiger partial charge in [-0.15, -0.1) is 33.4 Å². The average molecular weight is 747 g/mol. The molecule has 51 heavy (non-hydrogen) atoms. The van der Waals surface area contributed by atoms with Crippen LogP contribution in [0.3, 0.4) is 0 Å². The van der Waals surface area contributed by atoms with E-state index in [0.717, 1.165) is 146 Å². The van der Waals surface area contributed by atoms with Crippen LogP contribution in [-0.4, -0.2) is 59.5 Å². The fourth-order valence-corrected chi connectivity index (χ4v) is 10.5. The molecule has 11 heteroatoms. The molecule has 2 heterocycles. The molecule has 0 bridgehead atoms. The molecule has 3 unspecified atom stereocenters. The standard InChI is InChI=1S/C40H65Cl2N7O2/c1-5-6-21-49-24-36(33-20-17-31(41)23-34(33)42)43-38(49)35(44-39(50)29-13-15-30(16-14-29)40(2,3)4)22-26-9-18-32(19-10-26)51-25-27-7-11-28(12-8-27)37-45-47-48-46-37/h24,26-35H,5-23,25H2,1-4H3,(H,44,50)(H,45,46,47,48)/t26?,27?,28?,29?,30?,31?,32?,33?,34?,35-/m0/s1. The largest absolute Gasteiger partial charge is 0.378 e. The van der Waals surface area contributed by atoms with E-state index in [4.69, 9.17) is 32.9 Å². The Morgan fingerprint density at radius 3 is 2.35 bits per heavy atom. The van der Waals surface area contributed by atoms with Gasteiger partial charge < -0.3 is 14.6 Å². The minimum Gasteiger partial charge on any atom is -0.378 e. The third kappa shape index (κ3) is 10.5. The van der Waals surface area contributed by atoms with E-state index in [2.05, 4.69) is 64.4 Å². The number of amides is 1. The molecule has 286 valence electrons. The number of carbonyl (C=O) groups excluding carboxylic acids is 1. The van der Waals surface area contributed by atoms with E-state index >= 15 is 0 Å². The molecule has 4 aliphatic carbocycles. The number of alkyl halides is 2. The van der Waals surface area contributed by atoms with Gasteiger partial charge in [0.1, 0.15) is 5.82 Å². The van der Waals surface area contributed by atoms with Gasteiger partial charge in [-0.3, -0.25) is 4.79 Å². The number of aromatic amines is 1. The van der Waals surface area contributed by atoms with E-state index in [9.17, 15) is 4.79 Å². The van der Waals surface area contributed by atoms with Gasteiger partial charge in [0.05, 0.1) is 17.8 Å². The van der Waals surface area contributed by atoms with Crippen LogP contribution < -0.4 is 5.32 Å². The smallest absolute Gasteiger partial charge is 0.223 e. The molecule has 2 aromatic heterocycles. The number of carbonyl (C=O) groups is 1. The van der Waals surface area contributed by atoms with Crippen LogP contribution in [0.1, 0.15) is 178 Å². The number of imidazole rings is 1. The number of hydrogen-bond donors (Lipinski definition) is 2. The number of aromatic nitrogens is 6. The van der Waals surface area contributed by atoms with Gasteiger partial charge in [0.15, 0.2) is 5.82 Å². The van der Waals surface area contributed by atoms with Crippen LogP contribution in [0.2, 0.25) is 0 Å². The quantitative estimate of drug-likeness (QED) is 0.198. The zero-order chi connectivity index (χ0) is 36.0. The number of halogens is 2. The van der Waals surface area contributed by atoms with Gasteiger partial charge in [0.25, 0.3) is 0 Å². The summed E-state index contributed by atoms with van der Waals surface area (Å²) in [5.74, 6) is 4.66. The fraction of sp³-hybridized carbons (Fsp3) is 0.875. The minimum absolute atomic E-state index is 0.00885. The Bertz CT molecular complexity index is 1340. The summed E-state index contributed by atoms with van der Waals surface area (Å²) in [5, 5.41) is 18.5. The minimum atomic E-state index is -0.0987. The normalized spacial score (nSPS) is 32.8. The zero-order valence-electron chi connectivity index (χ0n) is 31.8. The SMILES string of the molecule is CCCCn1cc(C2CCC(Cl)CC2Cl)nc1[C@H](CC1CCC(OCC2CCC(c3nn[nH]n3)CC2)CC1)NC(=O)C1CCC(C(C)(C)C)CC1. The van der Waals surface area contributed by atoms with E-state index in [1.165, 1.54) is 0 Å². The van der Waals surface area contributed by atoms with Crippen LogP contribution in [0.25, 0.3) is 0 Å². The number of nitrogens with zero attached hydrogens (tertiary/aromatic N) is 5. The molecule has 9 nitrogen and oxygen atoms in total. The molecule has 2 aromatic rings. The molecular weight excluding hydrogens is 681 g/mol. The highest BCUT2D eigenvalue weighted by atomic mass is 35.5. The van der Waals surface area contributed by atoms with Gasteiger partial charge >= 0.3 is 0 Å². The zero-order valence-corrected chi connectivity index (χ0v) is 33.3. The maximum absolute atomic E-state index is 14.1. The molecule has 0 saturated heterocycles. The number of unbranched alkanes of at least 4 members (excludes halogenated alkanes) is 1. The lowest BCUT2D eigenvalue weighted by atomic mass is 9.69. The van der Waals surface area contributed by atoms with Crippen LogP contribution in [0, 0.1) is 29.1 Å². The molecule has 0 radical (unpaired) electrons. The van der Waals surface area contributed by atoms with Gasteiger partial charge in [-0.25, -0.2) is 4.98 Å².